The van der Waals surface area contributed by atoms with Crippen LogP contribution in [0.25, 0.3) is 22.3 Å². The van der Waals surface area contributed by atoms with Gasteiger partial charge in [-0.2, -0.15) is 5.26 Å². The van der Waals surface area contributed by atoms with Crippen LogP contribution < -0.4 is 5.32 Å². The minimum absolute atomic E-state index is 0.130. The Kier molecular flexibility index (Phi) is 4.85. The van der Waals surface area contributed by atoms with Crippen molar-refractivity contribution in [1.82, 2.24) is 5.32 Å². The molecule has 3 aromatic rings. The van der Waals surface area contributed by atoms with Crippen molar-refractivity contribution in [2.24, 2.45) is 5.92 Å². The molecule has 1 amide bonds. The summed E-state index contributed by atoms with van der Waals surface area (Å²) < 4.78 is 5.99. The number of fused-ring (bicyclic) bond motifs is 1. The van der Waals surface area contributed by atoms with E-state index in [1.807, 2.05) is 48.5 Å². The van der Waals surface area contributed by atoms with Crippen LogP contribution in [0.4, 0.5) is 0 Å². The lowest BCUT2D eigenvalue weighted by Crippen LogP contribution is -2.27. The standard InChI is InChI=1S/C21H20N2O2/c1-14(2)13-23-21(24)19-17-5-3-4-6-18(17)25-20(19)16-9-7-15(8-10-16)11-12-22/h3-10,14H,11,13H2,1-2H3,(H,23,24). The van der Waals surface area contributed by atoms with Gasteiger partial charge in [-0.05, 0) is 17.5 Å². The Balaban J connectivity index is 2.06. The fourth-order valence-corrected chi connectivity index (χ4v) is 2.72. The normalized spacial score (nSPS) is 10.8. The van der Waals surface area contributed by atoms with Crippen LogP contribution in [-0.4, -0.2) is 12.5 Å². The lowest BCUT2D eigenvalue weighted by atomic mass is 10.0. The molecule has 1 aromatic heterocycles. The van der Waals surface area contributed by atoms with Gasteiger partial charge in [0.25, 0.3) is 5.91 Å². The van der Waals surface area contributed by atoms with Gasteiger partial charge in [-0.15, -0.1) is 0 Å². The zero-order valence-corrected chi connectivity index (χ0v) is 14.4. The predicted molar refractivity (Wildman–Crippen MR) is 98.1 cm³/mol. The third-order valence-corrected chi connectivity index (χ3v) is 3.99. The zero-order chi connectivity index (χ0) is 17.8. The van der Waals surface area contributed by atoms with Gasteiger partial charge in [-0.1, -0.05) is 56.3 Å². The number of nitrogens with zero attached hydrogens (tertiary/aromatic N) is 1. The van der Waals surface area contributed by atoms with Gasteiger partial charge in [-0.25, -0.2) is 0 Å². The van der Waals surface area contributed by atoms with E-state index in [4.69, 9.17) is 9.68 Å². The van der Waals surface area contributed by atoms with Gasteiger partial charge in [0.1, 0.15) is 11.3 Å². The number of carbonyl (C=O) groups is 1. The first kappa shape index (κ1) is 16.8. The number of amides is 1. The molecule has 0 fully saturated rings. The first-order valence-electron chi connectivity index (χ1n) is 8.36. The summed E-state index contributed by atoms with van der Waals surface area (Å²) in [5.74, 6) is 0.802. The lowest BCUT2D eigenvalue weighted by Gasteiger charge is -2.08. The number of rotatable bonds is 5. The van der Waals surface area contributed by atoms with Crippen LogP contribution in [0.1, 0.15) is 29.8 Å². The van der Waals surface area contributed by atoms with E-state index in [0.717, 1.165) is 16.5 Å². The monoisotopic (exact) mass is 332 g/mol. The number of para-hydroxylation sites is 1. The van der Waals surface area contributed by atoms with E-state index in [-0.39, 0.29) is 5.91 Å². The van der Waals surface area contributed by atoms with E-state index < -0.39 is 0 Å². The molecule has 0 saturated heterocycles. The van der Waals surface area contributed by atoms with E-state index in [1.165, 1.54) is 0 Å². The number of furan rings is 1. The van der Waals surface area contributed by atoms with Crippen LogP contribution in [0, 0.1) is 17.2 Å². The van der Waals surface area contributed by atoms with Gasteiger partial charge < -0.3 is 9.73 Å². The van der Waals surface area contributed by atoms with E-state index in [0.29, 0.717) is 35.8 Å². The quantitative estimate of drug-likeness (QED) is 0.745. The van der Waals surface area contributed by atoms with Gasteiger partial charge in [0.15, 0.2) is 0 Å². The fourth-order valence-electron chi connectivity index (χ4n) is 2.72. The SMILES string of the molecule is CC(C)CNC(=O)c1c(-c2ccc(CC#N)cc2)oc2ccccc12. The maximum Gasteiger partial charge on any atom is 0.255 e. The van der Waals surface area contributed by atoms with Gasteiger partial charge in [0.2, 0.25) is 0 Å². The van der Waals surface area contributed by atoms with Crippen molar-refractivity contribution in [1.29, 1.82) is 5.26 Å². The molecule has 0 saturated carbocycles. The maximum absolute atomic E-state index is 12.8. The molecule has 1 N–H and O–H groups in total. The first-order chi connectivity index (χ1) is 12.1. The molecule has 126 valence electrons. The third kappa shape index (κ3) is 3.56. The van der Waals surface area contributed by atoms with Crippen LogP contribution in [0.15, 0.2) is 52.9 Å². The third-order valence-electron chi connectivity index (χ3n) is 3.99. The molecule has 0 radical (unpaired) electrons. The summed E-state index contributed by atoms with van der Waals surface area (Å²) in [5, 5.41) is 12.6. The Labute approximate surface area is 147 Å². The molecule has 0 aliphatic heterocycles. The van der Waals surface area contributed by atoms with Crippen LogP contribution >= 0.6 is 0 Å². The summed E-state index contributed by atoms with van der Waals surface area (Å²) in [7, 11) is 0. The Hall–Kier alpha value is -3.06. The van der Waals surface area contributed by atoms with Gasteiger partial charge >= 0.3 is 0 Å². The number of benzene rings is 2. The highest BCUT2D eigenvalue weighted by atomic mass is 16.3. The molecule has 0 aliphatic carbocycles. The molecule has 25 heavy (non-hydrogen) atoms. The summed E-state index contributed by atoms with van der Waals surface area (Å²) in [5.41, 5.74) is 3.01. The van der Waals surface area contributed by atoms with Crippen molar-refractivity contribution in [3.8, 4) is 17.4 Å². The van der Waals surface area contributed by atoms with Crippen molar-refractivity contribution in [3.63, 3.8) is 0 Å². The second kappa shape index (κ2) is 7.23. The lowest BCUT2D eigenvalue weighted by molar-refractivity contribution is 0.0950. The fraction of sp³-hybridized carbons (Fsp3) is 0.238. The average Bonchev–Trinajstić information content (AvgIpc) is 3.00. The molecule has 0 bridgehead atoms. The maximum atomic E-state index is 12.8. The first-order valence-corrected chi connectivity index (χ1v) is 8.36. The summed E-state index contributed by atoms with van der Waals surface area (Å²) in [6, 6.07) is 17.3. The number of hydrogen-bond acceptors (Lipinski definition) is 3. The molecule has 1 heterocycles. The highest BCUT2D eigenvalue weighted by Crippen LogP contribution is 2.33. The molecule has 4 nitrogen and oxygen atoms in total. The van der Waals surface area contributed by atoms with Crippen LogP contribution in [-0.2, 0) is 6.42 Å². The molecular weight excluding hydrogens is 312 g/mol. The Bertz CT molecular complexity index is 931. The van der Waals surface area contributed by atoms with Crippen LogP contribution in [0.3, 0.4) is 0 Å². The van der Waals surface area contributed by atoms with Crippen molar-refractivity contribution in [2.45, 2.75) is 20.3 Å². The molecule has 3 rings (SSSR count). The van der Waals surface area contributed by atoms with E-state index in [2.05, 4.69) is 25.2 Å². The average molecular weight is 332 g/mol. The second-order valence-corrected chi connectivity index (χ2v) is 6.44. The predicted octanol–water partition coefficient (Wildman–Crippen LogP) is 4.55. The van der Waals surface area contributed by atoms with E-state index >= 15 is 0 Å². The highest BCUT2D eigenvalue weighted by Gasteiger charge is 2.21. The summed E-state index contributed by atoms with van der Waals surface area (Å²) >= 11 is 0. The van der Waals surface area contributed by atoms with Crippen molar-refractivity contribution in [2.75, 3.05) is 6.54 Å². The molecule has 0 aliphatic rings. The van der Waals surface area contributed by atoms with E-state index in [9.17, 15) is 4.79 Å². The molecule has 0 unspecified atom stereocenters. The Morgan fingerprint density at radius 3 is 2.56 bits per heavy atom. The van der Waals surface area contributed by atoms with Crippen LogP contribution in [0.2, 0.25) is 0 Å². The molecule has 2 aromatic carbocycles. The summed E-state index contributed by atoms with van der Waals surface area (Å²) in [6.45, 7) is 4.73. The topological polar surface area (TPSA) is 66.0 Å². The number of hydrogen-bond donors (Lipinski definition) is 1. The smallest absolute Gasteiger partial charge is 0.255 e. The number of nitrogens with one attached hydrogen (secondary N) is 1. The zero-order valence-electron chi connectivity index (χ0n) is 14.4. The molecule has 0 atom stereocenters. The molecule has 4 heteroatoms. The molecule has 0 spiro atoms. The molecular formula is C21H20N2O2. The van der Waals surface area contributed by atoms with Crippen molar-refractivity contribution in [3.05, 3.63) is 59.7 Å². The number of carbonyl (C=O) groups excluding carboxylic acids is 1. The number of nitriles is 1. The van der Waals surface area contributed by atoms with Crippen LogP contribution in [0.5, 0.6) is 0 Å². The van der Waals surface area contributed by atoms with Crippen molar-refractivity contribution >= 4 is 16.9 Å². The van der Waals surface area contributed by atoms with Gasteiger partial charge in [0, 0.05) is 17.5 Å². The second-order valence-electron chi connectivity index (χ2n) is 6.44. The van der Waals surface area contributed by atoms with Gasteiger partial charge in [0.05, 0.1) is 18.1 Å². The van der Waals surface area contributed by atoms with E-state index in [1.54, 1.807) is 0 Å². The Morgan fingerprint density at radius 2 is 1.88 bits per heavy atom. The van der Waals surface area contributed by atoms with Gasteiger partial charge in [-0.3, -0.25) is 4.79 Å². The minimum atomic E-state index is -0.130. The summed E-state index contributed by atoms with van der Waals surface area (Å²) in [6.07, 6.45) is 0.363. The van der Waals surface area contributed by atoms with Crippen molar-refractivity contribution < 1.29 is 9.21 Å². The summed E-state index contributed by atoms with van der Waals surface area (Å²) in [4.78, 5) is 12.8. The Morgan fingerprint density at radius 1 is 1.16 bits per heavy atom. The minimum Gasteiger partial charge on any atom is -0.455 e. The largest absolute Gasteiger partial charge is 0.455 e. The highest BCUT2D eigenvalue weighted by molar-refractivity contribution is 6.11.